The predicted octanol–water partition coefficient (Wildman–Crippen LogP) is 5.69. The molecule has 31 heavy (non-hydrogen) atoms. The van der Waals surface area contributed by atoms with Gasteiger partial charge in [-0.15, -0.1) is 0 Å². The first-order valence-electron chi connectivity index (χ1n) is 10.7. The molecule has 0 heterocycles. The lowest BCUT2D eigenvalue weighted by Gasteiger charge is -2.24. The molecule has 4 nitrogen and oxygen atoms in total. The van der Waals surface area contributed by atoms with E-state index in [1.54, 1.807) is 33.3 Å². The number of hydrogen-bond donors (Lipinski definition) is 0. The van der Waals surface area contributed by atoms with Gasteiger partial charge in [-0.1, -0.05) is 37.6 Å². The van der Waals surface area contributed by atoms with Crippen LogP contribution in [0.3, 0.4) is 0 Å². The highest BCUT2D eigenvalue weighted by Gasteiger charge is 2.34. The third-order valence-corrected chi connectivity index (χ3v) is 5.26. The van der Waals surface area contributed by atoms with E-state index in [-0.39, 0.29) is 17.9 Å². The Hall–Kier alpha value is -2.63. The molecule has 1 unspecified atom stereocenters. The summed E-state index contributed by atoms with van der Waals surface area (Å²) in [7, 11) is 4.89. The Morgan fingerprint density at radius 2 is 1.81 bits per heavy atom. The smallest absolute Gasteiger partial charge is 0.273 e. The number of amides is 1. The first-order chi connectivity index (χ1) is 14.8. The van der Waals surface area contributed by atoms with Gasteiger partial charge in [0.25, 0.3) is 5.92 Å². The lowest BCUT2D eigenvalue weighted by molar-refractivity contribution is -0.133. The van der Waals surface area contributed by atoms with E-state index in [0.717, 1.165) is 18.4 Å². The topological polar surface area (TPSA) is 38.8 Å². The van der Waals surface area contributed by atoms with Crippen molar-refractivity contribution in [1.29, 1.82) is 0 Å². The Balaban J connectivity index is 2.09. The van der Waals surface area contributed by atoms with E-state index >= 15 is 0 Å². The number of hydrogen-bond acceptors (Lipinski definition) is 3. The van der Waals surface area contributed by atoms with Crippen molar-refractivity contribution in [3.8, 4) is 11.5 Å². The van der Waals surface area contributed by atoms with Crippen LogP contribution in [0.4, 0.5) is 8.78 Å². The average Bonchev–Trinajstić information content (AvgIpc) is 2.77. The number of ether oxygens (including phenoxy) is 2. The fraction of sp³-hybridized carbons (Fsp3) is 0.480. The number of rotatable bonds is 12. The quantitative estimate of drug-likeness (QED) is 0.404. The van der Waals surface area contributed by atoms with Gasteiger partial charge in [-0.05, 0) is 49.1 Å². The molecule has 0 aliphatic carbocycles. The number of methoxy groups -OCH3 is 1. The van der Waals surface area contributed by atoms with Crippen molar-refractivity contribution in [2.24, 2.45) is 5.92 Å². The molecular formula is C25H33F2NO3. The molecule has 6 heteroatoms. The number of benzene rings is 2. The van der Waals surface area contributed by atoms with Crippen LogP contribution in [0.2, 0.25) is 0 Å². The zero-order valence-electron chi connectivity index (χ0n) is 18.9. The Labute approximate surface area is 184 Å². The highest BCUT2D eigenvalue weighted by molar-refractivity contribution is 5.78. The summed E-state index contributed by atoms with van der Waals surface area (Å²) in [6, 6.07) is 13.5. The zero-order valence-corrected chi connectivity index (χ0v) is 18.9. The summed E-state index contributed by atoms with van der Waals surface area (Å²) in [5.74, 6) is -2.56. The van der Waals surface area contributed by atoms with Crippen LogP contribution >= 0.6 is 0 Å². The van der Waals surface area contributed by atoms with Crippen LogP contribution in [0.25, 0.3) is 0 Å². The standard InChI is InChI=1S/C25H33F2NO3/c1-5-6-16-31-23-9-7-8-21(18-23)25(26,27)15-14-20(24(29)28(2)3)17-19-10-12-22(30-4)13-11-19/h7-13,18,20H,5-6,14-17H2,1-4H3. The van der Waals surface area contributed by atoms with E-state index in [4.69, 9.17) is 9.47 Å². The van der Waals surface area contributed by atoms with E-state index in [9.17, 15) is 13.6 Å². The van der Waals surface area contributed by atoms with Crippen LogP contribution in [0.1, 0.15) is 43.7 Å². The molecule has 1 atom stereocenters. The molecule has 0 aliphatic rings. The Morgan fingerprint density at radius 3 is 2.42 bits per heavy atom. The highest BCUT2D eigenvalue weighted by atomic mass is 19.3. The number of unbranched alkanes of at least 4 members (excludes halogenated alkanes) is 1. The second-order valence-electron chi connectivity index (χ2n) is 7.95. The molecule has 0 spiro atoms. The van der Waals surface area contributed by atoms with Crippen molar-refractivity contribution in [2.75, 3.05) is 27.8 Å². The summed E-state index contributed by atoms with van der Waals surface area (Å²) in [5, 5.41) is 0. The Kier molecular flexibility index (Phi) is 9.28. The minimum atomic E-state index is -3.05. The molecule has 170 valence electrons. The van der Waals surface area contributed by atoms with Gasteiger partial charge in [0, 0.05) is 32.0 Å². The monoisotopic (exact) mass is 433 g/mol. The van der Waals surface area contributed by atoms with Gasteiger partial charge in [-0.2, -0.15) is 0 Å². The largest absolute Gasteiger partial charge is 0.497 e. The fourth-order valence-corrected chi connectivity index (χ4v) is 3.37. The first-order valence-corrected chi connectivity index (χ1v) is 10.7. The number of halogens is 2. The molecule has 0 fully saturated rings. The maximum atomic E-state index is 15.0. The molecule has 2 aromatic carbocycles. The summed E-state index contributed by atoms with van der Waals surface area (Å²) in [5.41, 5.74) is 0.831. The van der Waals surface area contributed by atoms with Gasteiger partial charge in [0.15, 0.2) is 0 Å². The van der Waals surface area contributed by atoms with Crippen LogP contribution in [0.15, 0.2) is 48.5 Å². The molecule has 2 aromatic rings. The molecule has 0 N–H and O–H groups in total. The minimum absolute atomic E-state index is 0.0803. The Bertz CT molecular complexity index is 822. The maximum absolute atomic E-state index is 15.0. The minimum Gasteiger partial charge on any atom is -0.497 e. The van der Waals surface area contributed by atoms with Crippen molar-refractivity contribution in [3.63, 3.8) is 0 Å². The van der Waals surface area contributed by atoms with Crippen LogP contribution in [0.5, 0.6) is 11.5 Å². The summed E-state index contributed by atoms with van der Waals surface area (Å²) in [4.78, 5) is 14.1. The summed E-state index contributed by atoms with van der Waals surface area (Å²) >= 11 is 0. The van der Waals surface area contributed by atoms with Crippen LogP contribution in [-0.4, -0.2) is 38.6 Å². The Morgan fingerprint density at radius 1 is 1.10 bits per heavy atom. The van der Waals surface area contributed by atoms with Gasteiger partial charge in [0.2, 0.25) is 5.91 Å². The SMILES string of the molecule is CCCCOc1cccc(C(F)(F)CCC(Cc2ccc(OC)cc2)C(=O)N(C)C)c1. The van der Waals surface area contributed by atoms with Crippen molar-refractivity contribution >= 4 is 5.91 Å². The summed E-state index contributed by atoms with van der Waals surface area (Å²) in [6.07, 6.45) is 1.92. The molecule has 1 amide bonds. The fourth-order valence-electron chi connectivity index (χ4n) is 3.37. The number of nitrogens with zero attached hydrogens (tertiary/aromatic N) is 1. The van der Waals surface area contributed by atoms with Gasteiger partial charge in [0.05, 0.1) is 13.7 Å². The number of alkyl halides is 2. The lowest BCUT2D eigenvalue weighted by Crippen LogP contribution is -2.32. The van der Waals surface area contributed by atoms with E-state index in [1.165, 1.54) is 17.0 Å². The lowest BCUT2D eigenvalue weighted by atomic mass is 9.90. The van der Waals surface area contributed by atoms with Crippen LogP contribution in [-0.2, 0) is 17.1 Å². The van der Waals surface area contributed by atoms with Crippen LogP contribution in [0, 0.1) is 5.92 Å². The second-order valence-corrected chi connectivity index (χ2v) is 7.95. The van der Waals surface area contributed by atoms with Crippen molar-refractivity contribution in [2.45, 2.75) is 45.0 Å². The van der Waals surface area contributed by atoms with Gasteiger partial charge >= 0.3 is 0 Å². The molecule has 0 bridgehead atoms. The summed E-state index contributed by atoms with van der Waals surface area (Å²) in [6.45, 7) is 2.55. The van der Waals surface area contributed by atoms with E-state index < -0.39 is 18.3 Å². The van der Waals surface area contributed by atoms with Gasteiger partial charge in [0.1, 0.15) is 11.5 Å². The first kappa shape index (κ1) is 24.6. The molecule has 2 rings (SSSR count). The van der Waals surface area contributed by atoms with Gasteiger partial charge < -0.3 is 14.4 Å². The second kappa shape index (κ2) is 11.7. The van der Waals surface area contributed by atoms with Crippen LogP contribution < -0.4 is 9.47 Å². The third-order valence-electron chi connectivity index (χ3n) is 5.26. The van der Waals surface area contributed by atoms with E-state index in [2.05, 4.69) is 0 Å². The van der Waals surface area contributed by atoms with Crippen molar-refractivity contribution < 1.29 is 23.0 Å². The molecule has 0 aliphatic heterocycles. The van der Waals surface area contributed by atoms with Gasteiger partial charge in [-0.25, -0.2) is 8.78 Å². The molecule has 0 saturated heterocycles. The average molecular weight is 434 g/mol. The highest BCUT2D eigenvalue weighted by Crippen LogP contribution is 2.36. The number of carbonyl (C=O) groups is 1. The predicted molar refractivity (Wildman–Crippen MR) is 119 cm³/mol. The van der Waals surface area contributed by atoms with Crippen molar-refractivity contribution in [1.82, 2.24) is 4.90 Å². The molecule has 0 aromatic heterocycles. The molecular weight excluding hydrogens is 400 g/mol. The zero-order chi connectivity index (χ0) is 22.9. The van der Waals surface area contributed by atoms with Crippen molar-refractivity contribution in [3.05, 3.63) is 59.7 Å². The normalized spacial score (nSPS) is 12.3. The molecule has 0 saturated carbocycles. The van der Waals surface area contributed by atoms with Gasteiger partial charge in [-0.3, -0.25) is 4.79 Å². The van der Waals surface area contributed by atoms with E-state index in [0.29, 0.717) is 24.5 Å². The van der Waals surface area contributed by atoms with E-state index in [1.807, 2.05) is 31.2 Å². The maximum Gasteiger partial charge on any atom is 0.273 e. The number of carbonyl (C=O) groups excluding carboxylic acids is 1. The molecule has 0 radical (unpaired) electrons. The summed E-state index contributed by atoms with van der Waals surface area (Å²) < 4.78 is 40.7. The third kappa shape index (κ3) is 7.53.